The van der Waals surface area contributed by atoms with Crippen molar-refractivity contribution in [1.29, 1.82) is 0 Å². The molecule has 2 aromatic heterocycles. The average molecular weight is 451 g/mol. The molecular formula is C22H25N7O4. The summed E-state index contributed by atoms with van der Waals surface area (Å²) in [5.74, 6) is -0.247. The van der Waals surface area contributed by atoms with E-state index in [1.54, 1.807) is 21.4 Å². The first-order valence-corrected chi connectivity index (χ1v) is 10.9. The molecule has 2 aliphatic rings. The predicted molar refractivity (Wildman–Crippen MR) is 119 cm³/mol. The van der Waals surface area contributed by atoms with Gasteiger partial charge in [-0.2, -0.15) is 4.98 Å². The molecule has 0 unspecified atom stereocenters. The fraction of sp³-hybridized carbons (Fsp3) is 0.409. The van der Waals surface area contributed by atoms with E-state index in [4.69, 9.17) is 15.2 Å². The molecule has 3 aromatic rings. The van der Waals surface area contributed by atoms with E-state index in [0.29, 0.717) is 38.5 Å². The number of nitrogens with two attached hydrogens (primary N) is 1. The van der Waals surface area contributed by atoms with Crippen LogP contribution in [-0.2, 0) is 11.3 Å². The van der Waals surface area contributed by atoms with E-state index in [2.05, 4.69) is 15.0 Å². The molecule has 5 rings (SSSR count). The van der Waals surface area contributed by atoms with Crippen LogP contribution in [0.1, 0.15) is 29.0 Å². The van der Waals surface area contributed by atoms with Crippen molar-refractivity contribution in [2.24, 2.45) is 0 Å². The van der Waals surface area contributed by atoms with Gasteiger partial charge in [0.1, 0.15) is 0 Å². The van der Waals surface area contributed by atoms with Crippen LogP contribution in [0.2, 0.25) is 0 Å². The highest BCUT2D eigenvalue weighted by molar-refractivity contribution is 5.94. The fourth-order valence-electron chi connectivity index (χ4n) is 3.76. The number of anilines is 1. The molecular weight excluding hydrogens is 426 g/mol. The van der Waals surface area contributed by atoms with Crippen LogP contribution in [0.5, 0.6) is 6.01 Å². The second kappa shape index (κ2) is 8.66. The summed E-state index contributed by atoms with van der Waals surface area (Å²) in [6, 6.07) is 9.88. The molecule has 1 saturated heterocycles. The number of hydrogen-bond acceptors (Lipinski definition) is 8. The number of aromatic nitrogens is 4. The number of carbonyl (C=O) groups is 2. The molecule has 0 radical (unpaired) electrons. The van der Waals surface area contributed by atoms with E-state index in [-0.39, 0.29) is 35.1 Å². The molecule has 1 aliphatic heterocycles. The summed E-state index contributed by atoms with van der Waals surface area (Å²) in [5, 5.41) is 0. The van der Waals surface area contributed by atoms with Crippen molar-refractivity contribution >= 4 is 29.0 Å². The van der Waals surface area contributed by atoms with Crippen LogP contribution in [-0.4, -0.2) is 80.7 Å². The minimum absolute atomic E-state index is 0.00494. The predicted octanol–water partition coefficient (Wildman–Crippen LogP) is 1.52. The van der Waals surface area contributed by atoms with Crippen molar-refractivity contribution in [3.8, 4) is 6.01 Å². The third-order valence-electron chi connectivity index (χ3n) is 5.82. The standard InChI is InChI=1S/C22H25N7O4/c1-27(15-7-8-15)20(30)18-25-17(23)16-19(26-18)29(13-14-5-3-2-4-6-14)21(24-16)33-22(31)28-9-11-32-12-10-28/h2-6,15H,7-13H2,1H3,(H2,23,25,26). The Labute approximate surface area is 190 Å². The van der Waals surface area contributed by atoms with Crippen molar-refractivity contribution in [3.05, 3.63) is 41.7 Å². The average Bonchev–Trinajstić information content (AvgIpc) is 3.64. The van der Waals surface area contributed by atoms with Gasteiger partial charge in [0.25, 0.3) is 5.91 Å². The summed E-state index contributed by atoms with van der Waals surface area (Å²) < 4.78 is 12.6. The van der Waals surface area contributed by atoms with Crippen LogP contribution in [0.3, 0.4) is 0 Å². The molecule has 11 heteroatoms. The first-order valence-electron chi connectivity index (χ1n) is 10.9. The third kappa shape index (κ3) is 4.31. The Balaban J connectivity index is 1.54. The van der Waals surface area contributed by atoms with E-state index in [1.807, 2.05) is 30.3 Å². The van der Waals surface area contributed by atoms with E-state index >= 15 is 0 Å². The monoisotopic (exact) mass is 451 g/mol. The Morgan fingerprint density at radius 2 is 1.88 bits per heavy atom. The Morgan fingerprint density at radius 1 is 1.15 bits per heavy atom. The van der Waals surface area contributed by atoms with Crippen molar-refractivity contribution in [2.75, 3.05) is 39.1 Å². The maximum atomic E-state index is 12.9. The number of hydrogen-bond donors (Lipinski definition) is 1. The fourth-order valence-corrected chi connectivity index (χ4v) is 3.76. The number of nitrogen functional groups attached to an aromatic ring is 1. The van der Waals surface area contributed by atoms with Gasteiger partial charge in [-0.05, 0) is 18.4 Å². The van der Waals surface area contributed by atoms with Crippen LogP contribution in [0, 0.1) is 0 Å². The van der Waals surface area contributed by atoms with Gasteiger partial charge in [0.05, 0.1) is 19.8 Å². The maximum absolute atomic E-state index is 12.9. The molecule has 11 nitrogen and oxygen atoms in total. The molecule has 1 saturated carbocycles. The summed E-state index contributed by atoms with van der Waals surface area (Å²) in [7, 11) is 1.74. The molecule has 0 bridgehead atoms. The number of morpholine rings is 1. The van der Waals surface area contributed by atoms with E-state index < -0.39 is 6.09 Å². The van der Waals surface area contributed by atoms with E-state index in [9.17, 15) is 9.59 Å². The highest BCUT2D eigenvalue weighted by Gasteiger charge is 2.32. The summed E-state index contributed by atoms with van der Waals surface area (Å²) in [5.41, 5.74) is 7.73. The maximum Gasteiger partial charge on any atom is 0.417 e. The van der Waals surface area contributed by atoms with Crippen molar-refractivity contribution in [3.63, 3.8) is 0 Å². The molecule has 2 fully saturated rings. The van der Waals surface area contributed by atoms with Crippen LogP contribution < -0.4 is 10.5 Å². The number of nitrogens with zero attached hydrogens (tertiary/aromatic N) is 6. The first-order chi connectivity index (χ1) is 16.0. The largest absolute Gasteiger partial charge is 0.417 e. The smallest absolute Gasteiger partial charge is 0.382 e. The molecule has 3 heterocycles. The quantitative estimate of drug-likeness (QED) is 0.618. The van der Waals surface area contributed by atoms with Gasteiger partial charge in [-0.25, -0.2) is 14.8 Å². The topological polar surface area (TPSA) is 129 Å². The third-order valence-corrected chi connectivity index (χ3v) is 5.82. The van der Waals surface area contributed by atoms with E-state index in [0.717, 1.165) is 18.4 Å². The zero-order valence-corrected chi connectivity index (χ0v) is 18.3. The Hall–Kier alpha value is -3.73. The van der Waals surface area contributed by atoms with Crippen LogP contribution in [0.25, 0.3) is 11.2 Å². The molecule has 1 aromatic carbocycles. The molecule has 0 spiro atoms. The van der Waals surface area contributed by atoms with Gasteiger partial charge in [-0.1, -0.05) is 30.3 Å². The van der Waals surface area contributed by atoms with Crippen molar-refractivity contribution < 1.29 is 19.1 Å². The first kappa shape index (κ1) is 21.1. The number of rotatable bonds is 5. The highest BCUT2D eigenvalue weighted by atomic mass is 16.6. The molecule has 33 heavy (non-hydrogen) atoms. The van der Waals surface area contributed by atoms with Gasteiger partial charge >= 0.3 is 12.1 Å². The van der Waals surface area contributed by atoms with Gasteiger partial charge in [0.2, 0.25) is 5.82 Å². The van der Waals surface area contributed by atoms with Crippen molar-refractivity contribution in [2.45, 2.75) is 25.4 Å². The number of fused-ring (bicyclic) bond motifs is 1. The number of imidazole rings is 1. The lowest BCUT2D eigenvalue weighted by Gasteiger charge is -2.25. The Morgan fingerprint density at radius 3 is 2.58 bits per heavy atom. The number of benzene rings is 1. The van der Waals surface area contributed by atoms with Gasteiger partial charge in [0, 0.05) is 26.2 Å². The van der Waals surface area contributed by atoms with Gasteiger partial charge in [-0.15, -0.1) is 0 Å². The van der Waals surface area contributed by atoms with Crippen molar-refractivity contribution in [1.82, 2.24) is 29.3 Å². The normalized spacial score (nSPS) is 16.1. The zero-order valence-electron chi connectivity index (χ0n) is 18.3. The van der Waals surface area contributed by atoms with Crippen LogP contribution >= 0.6 is 0 Å². The molecule has 2 N–H and O–H groups in total. The molecule has 0 atom stereocenters. The minimum Gasteiger partial charge on any atom is -0.382 e. The number of carbonyl (C=O) groups excluding carboxylic acids is 2. The lowest BCUT2D eigenvalue weighted by molar-refractivity contribution is 0.0404. The Kier molecular flexibility index (Phi) is 5.55. The Bertz CT molecular complexity index is 1190. The van der Waals surface area contributed by atoms with Crippen LogP contribution in [0.15, 0.2) is 30.3 Å². The summed E-state index contributed by atoms with van der Waals surface area (Å²) in [6.07, 6.45) is 1.40. The second-order valence-corrected chi connectivity index (χ2v) is 8.19. The molecule has 2 amide bonds. The number of ether oxygens (including phenoxy) is 2. The summed E-state index contributed by atoms with van der Waals surface area (Å²) >= 11 is 0. The van der Waals surface area contributed by atoms with Gasteiger partial charge in [-0.3, -0.25) is 9.36 Å². The minimum atomic E-state index is -0.529. The van der Waals surface area contributed by atoms with Crippen LogP contribution in [0.4, 0.5) is 10.6 Å². The van der Waals surface area contributed by atoms with Gasteiger partial charge in [0.15, 0.2) is 17.0 Å². The summed E-state index contributed by atoms with van der Waals surface area (Å²) in [4.78, 5) is 42.0. The summed E-state index contributed by atoms with van der Waals surface area (Å²) in [6.45, 7) is 2.10. The van der Waals surface area contributed by atoms with E-state index in [1.165, 1.54) is 0 Å². The molecule has 172 valence electrons. The highest BCUT2D eigenvalue weighted by Crippen LogP contribution is 2.28. The zero-order chi connectivity index (χ0) is 22.9. The second-order valence-electron chi connectivity index (χ2n) is 8.19. The molecule has 1 aliphatic carbocycles. The number of amides is 2. The SMILES string of the molecule is CN(C(=O)c1nc(N)c2nc(OC(=O)N3CCOCC3)n(Cc3ccccc3)c2n1)C1CC1. The van der Waals surface area contributed by atoms with Gasteiger partial charge < -0.3 is 25.0 Å². The lowest BCUT2D eigenvalue weighted by Crippen LogP contribution is -2.42. The lowest BCUT2D eigenvalue weighted by atomic mass is 10.2.